The van der Waals surface area contributed by atoms with Gasteiger partial charge in [0.2, 0.25) is 5.91 Å². The molecule has 0 spiro atoms. The minimum atomic E-state index is -0.262. The van der Waals surface area contributed by atoms with E-state index in [1.165, 1.54) is 17.1 Å². The molecule has 158 valence electrons. The van der Waals surface area contributed by atoms with E-state index in [9.17, 15) is 24.0 Å². The molecule has 2 N–H and O–H groups in total. The summed E-state index contributed by atoms with van der Waals surface area (Å²) in [6.45, 7) is 1.06. The maximum atomic E-state index is 12.4. The van der Waals surface area contributed by atoms with Crippen LogP contribution in [-0.2, 0) is 14.4 Å². The second-order valence-electron chi connectivity index (χ2n) is 7.62. The molecule has 3 rings (SSSR count). The molecule has 1 fully saturated rings. The van der Waals surface area contributed by atoms with E-state index in [2.05, 4.69) is 10.6 Å². The normalized spacial score (nSPS) is 20.9. The van der Waals surface area contributed by atoms with Crippen LogP contribution in [0.3, 0.4) is 0 Å². The van der Waals surface area contributed by atoms with Gasteiger partial charge in [0.15, 0.2) is 0 Å². The van der Waals surface area contributed by atoms with Crippen molar-refractivity contribution in [1.29, 1.82) is 0 Å². The number of nitrogens with one attached hydrogen (secondary N) is 2. The van der Waals surface area contributed by atoms with Crippen molar-refractivity contribution in [2.75, 3.05) is 19.6 Å². The highest BCUT2D eigenvalue weighted by Crippen LogP contribution is 2.30. The zero-order valence-corrected chi connectivity index (χ0v) is 16.6. The third-order valence-corrected chi connectivity index (χ3v) is 5.58. The van der Waals surface area contributed by atoms with Gasteiger partial charge in [-0.15, -0.1) is 0 Å². The largest absolute Gasteiger partial charge is 0.354 e. The van der Waals surface area contributed by atoms with Crippen LogP contribution in [0, 0.1) is 11.8 Å². The molecule has 0 atom stereocenters. The summed E-state index contributed by atoms with van der Waals surface area (Å²) in [5, 5.41) is 5.58. The highest BCUT2D eigenvalue weighted by Gasteiger charge is 2.31. The quantitative estimate of drug-likeness (QED) is 0.378. The first kappa shape index (κ1) is 21.4. The standard InChI is InChI=1S/C22H25N3O5/c26-14-16-3-7-18(8-4-16)22(30)24-12-11-23-21(29)17-5-1-15(2-6-17)13-25-19(27)9-10-20(25)28/h3-4,7-10,14-15,17H,1-2,5-6,11-13H2,(H,23,29)(H,24,30). The van der Waals surface area contributed by atoms with Crippen molar-refractivity contribution < 1.29 is 24.0 Å². The molecule has 4 amide bonds. The van der Waals surface area contributed by atoms with Crippen LogP contribution in [0.25, 0.3) is 0 Å². The SMILES string of the molecule is O=Cc1ccc(C(=O)NCCNC(=O)C2CCC(CN3C(=O)C=CC3=O)CC2)cc1. The van der Waals surface area contributed by atoms with E-state index in [4.69, 9.17) is 0 Å². The summed E-state index contributed by atoms with van der Waals surface area (Å²) in [6.07, 6.45) is 6.32. The summed E-state index contributed by atoms with van der Waals surface area (Å²) in [4.78, 5) is 59.6. The highest BCUT2D eigenvalue weighted by atomic mass is 16.2. The number of benzene rings is 1. The number of imide groups is 1. The molecule has 0 unspecified atom stereocenters. The summed E-state index contributed by atoms with van der Waals surface area (Å²) < 4.78 is 0. The highest BCUT2D eigenvalue weighted by molar-refractivity contribution is 6.12. The van der Waals surface area contributed by atoms with E-state index in [1.807, 2.05) is 0 Å². The van der Waals surface area contributed by atoms with Gasteiger partial charge in [0, 0.05) is 48.8 Å². The number of carbonyl (C=O) groups is 5. The third kappa shape index (κ3) is 5.40. The van der Waals surface area contributed by atoms with E-state index in [1.54, 1.807) is 24.3 Å². The molecule has 1 aliphatic carbocycles. The summed E-state index contributed by atoms with van der Waals surface area (Å²) in [5.41, 5.74) is 0.958. The molecule has 1 aliphatic heterocycles. The zero-order valence-electron chi connectivity index (χ0n) is 16.6. The Morgan fingerprint density at radius 3 is 2.13 bits per heavy atom. The smallest absolute Gasteiger partial charge is 0.253 e. The van der Waals surface area contributed by atoms with Gasteiger partial charge < -0.3 is 10.6 Å². The van der Waals surface area contributed by atoms with Crippen LogP contribution >= 0.6 is 0 Å². The lowest BCUT2D eigenvalue weighted by molar-refractivity contribution is -0.138. The van der Waals surface area contributed by atoms with Gasteiger partial charge in [-0.25, -0.2) is 0 Å². The minimum Gasteiger partial charge on any atom is -0.354 e. The Bertz CT molecular complexity index is 836. The molecule has 30 heavy (non-hydrogen) atoms. The fourth-order valence-electron chi connectivity index (χ4n) is 3.80. The molecule has 1 saturated carbocycles. The fraction of sp³-hybridized carbons (Fsp3) is 0.409. The number of hydrogen-bond donors (Lipinski definition) is 2. The Kier molecular flexibility index (Phi) is 7.11. The van der Waals surface area contributed by atoms with Gasteiger partial charge >= 0.3 is 0 Å². The molecule has 1 heterocycles. The molecule has 2 aliphatic rings. The Labute approximate surface area is 174 Å². The molecule has 8 nitrogen and oxygen atoms in total. The number of rotatable bonds is 8. The van der Waals surface area contributed by atoms with Gasteiger partial charge in [0.1, 0.15) is 6.29 Å². The lowest BCUT2D eigenvalue weighted by Gasteiger charge is -2.30. The van der Waals surface area contributed by atoms with Crippen molar-refractivity contribution >= 4 is 29.9 Å². The van der Waals surface area contributed by atoms with Crippen LogP contribution in [0.4, 0.5) is 0 Å². The van der Waals surface area contributed by atoms with Crippen molar-refractivity contribution in [2.24, 2.45) is 11.8 Å². The molecular formula is C22H25N3O5. The first-order valence-corrected chi connectivity index (χ1v) is 10.1. The van der Waals surface area contributed by atoms with Crippen molar-refractivity contribution in [3.05, 3.63) is 47.5 Å². The average Bonchev–Trinajstić information content (AvgIpc) is 3.09. The number of carbonyl (C=O) groups excluding carboxylic acids is 5. The lowest BCUT2D eigenvalue weighted by atomic mass is 9.81. The van der Waals surface area contributed by atoms with Crippen molar-refractivity contribution in [2.45, 2.75) is 25.7 Å². The van der Waals surface area contributed by atoms with E-state index in [0.29, 0.717) is 37.0 Å². The minimum absolute atomic E-state index is 0.0342. The number of hydrogen-bond acceptors (Lipinski definition) is 5. The van der Waals surface area contributed by atoms with E-state index in [-0.39, 0.29) is 35.5 Å². The summed E-state index contributed by atoms with van der Waals surface area (Å²) >= 11 is 0. The molecule has 1 aromatic rings. The molecule has 0 bridgehead atoms. The second kappa shape index (κ2) is 9.96. The van der Waals surface area contributed by atoms with E-state index >= 15 is 0 Å². The first-order chi connectivity index (χ1) is 14.5. The molecule has 0 saturated heterocycles. The van der Waals surface area contributed by atoms with Gasteiger partial charge in [0.25, 0.3) is 17.7 Å². The second-order valence-corrected chi connectivity index (χ2v) is 7.62. The number of aldehydes is 1. The first-order valence-electron chi connectivity index (χ1n) is 10.1. The number of nitrogens with zero attached hydrogens (tertiary/aromatic N) is 1. The average molecular weight is 411 g/mol. The van der Waals surface area contributed by atoms with E-state index < -0.39 is 0 Å². The van der Waals surface area contributed by atoms with Crippen molar-refractivity contribution in [3.8, 4) is 0 Å². The Morgan fingerprint density at radius 1 is 0.933 bits per heavy atom. The van der Waals surface area contributed by atoms with Crippen molar-refractivity contribution in [3.63, 3.8) is 0 Å². The van der Waals surface area contributed by atoms with Gasteiger partial charge in [-0.05, 0) is 43.7 Å². The molecule has 1 aromatic carbocycles. The van der Waals surface area contributed by atoms with Gasteiger partial charge in [0.05, 0.1) is 0 Å². The third-order valence-electron chi connectivity index (χ3n) is 5.58. The molecule has 0 aromatic heterocycles. The maximum Gasteiger partial charge on any atom is 0.253 e. The Balaban J connectivity index is 1.33. The van der Waals surface area contributed by atoms with Crippen LogP contribution in [0.5, 0.6) is 0 Å². The monoisotopic (exact) mass is 411 g/mol. The van der Waals surface area contributed by atoms with Crippen LogP contribution in [0.15, 0.2) is 36.4 Å². The van der Waals surface area contributed by atoms with Crippen LogP contribution in [-0.4, -0.2) is 54.4 Å². The topological polar surface area (TPSA) is 113 Å². The Morgan fingerprint density at radius 2 is 1.53 bits per heavy atom. The van der Waals surface area contributed by atoms with Crippen molar-refractivity contribution in [1.82, 2.24) is 15.5 Å². The fourth-order valence-corrected chi connectivity index (χ4v) is 3.80. The summed E-state index contributed by atoms with van der Waals surface area (Å²) in [6, 6.07) is 6.31. The lowest BCUT2D eigenvalue weighted by Crippen LogP contribution is -2.40. The van der Waals surface area contributed by atoms with E-state index in [0.717, 1.165) is 25.7 Å². The predicted octanol–water partition coefficient (Wildman–Crippen LogP) is 1.08. The van der Waals surface area contributed by atoms with Crippen LogP contribution < -0.4 is 10.6 Å². The van der Waals surface area contributed by atoms with Gasteiger partial charge in [-0.2, -0.15) is 0 Å². The van der Waals surface area contributed by atoms with Gasteiger partial charge in [-0.3, -0.25) is 28.9 Å². The molecule has 0 radical (unpaired) electrons. The predicted molar refractivity (Wildman–Crippen MR) is 108 cm³/mol. The Hall–Kier alpha value is -3.29. The molecular weight excluding hydrogens is 386 g/mol. The van der Waals surface area contributed by atoms with Crippen LogP contribution in [0.1, 0.15) is 46.4 Å². The van der Waals surface area contributed by atoms with Gasteiger partial charge in [-0.1, -0.05) is 12.1 Å². The summed E-state index contributed by atoms with van der Waals surface area (Å²) in [5.74, 6) is -0.679. The van der Waals surface area contributed by atoms with Crippen LogP contribution in [0.2, 0.25) is 0 Å². The maximum absolute atomic E-state index is 12.4. The number of amides is 4. The molecule has 8 heteroatoms. The zero-order chi connectivity index (χ0) is 21.5. The summed E-state index contributed by atoms with van der Waals surface area (Å²) in [7, 11) is 0.